The van der Waals surface area contributed by atoms with Gasteiger partial charge in [-0.25, -0.2) is 0 Å². The molecule has 0 aliphatic carbocycles. The van der Waals surface area contributed by atoms with Crippen LogP contribution in [0.2, 0.25) is 5.02 Å². The first-order valence-electron chi connectivity index (χ1n) is 6.20. The Labute approximate surface area is 115 Å². The van der Waals surface area contributed by atoms with Gasteiger partial charge in [-0.3, -0.25) is 4.90 Å². The molecule has 0 amide bonds. The van der Waals surface area contributed by atoms with Crippen molar-refractivity contribution in [2.24, 2.45) is 0 Å². The van der Waals surface area contributed by atoms with E-state index in [1.54, 1.807) is 6.07 Å². The standard InChI is InChI=1S/C13H14ClN3O2/c14-11-4-2-1-3-10(11)13-16-15-12(19-13)8-17-6-5-9(18)7-17/h1-4,9,18H,5-8H2/t9-/m1/s1. The normalized spacial score (nSPS) is 20.0. The molecule has 3 rings (SSSR count). The topological polar surface area (TPSA) is 62.4 Å². The van der Waals surface area contributed by atoms with Crippen LogP contribution in [0.25, 0.3) is 11.5 Å². The van der Waals surface area contributed by atoms with E-state index in [1.165, 1.54) is 0 Å². The zero-order valence-corrected chi connectivity index (χ0v) is 11.0. The molecule has 1 atom stereocenters. The van der Waals surface area contributed by atoms with E-state index in [-0.39, 0.29) is 6.10 Å². The third kappa shape index (κ3) is 2.78. The fraction of sp³-hybridized carbons (Fsp3) is 0.385. The molecule has 1 saturated heterocycles. The summed E-state index contributed by atoms with van der Waals surface area (Å²) in [5, 5.41) is 18.1. The lowest BCUT2D eigenvalue weighted by molar-refractivity contribution is 0.171. The van der Waals surface area contributed by atoms with E-state index < -0.39 is 0 Å². The summed E-state index contributed by atoms with van der Waals surface area (Å²) in [7, 11) is 0. The number of nitrogens with zero attached hydrogens (tertiary/aromatic N) is 3. The molecule has 1 fully saturated rings. The molecule has 19 heavy (non-hydrogen) atoms. The average Bonchev–Trinajstić information content (AvgIpc) is 3.00. The SMILES string of the molecule is O[C@@H]1CCN(Cc2nnc(-c3ccccc3Cl)o2)C1. The van der Waals surface area contributed by atoms with Gasteiger partial charge < -0.3 is 9.52 Å². The number of aromatic nitrogens is 2. The number of halogens is 1. The summed E-state index contributed by atoms with van der Waals surface area (Å²) in [5.74, 6) is 0.976. The molecular weight excluding hydrogens is 266 g/mol. The summed E-state index contributed by atoms with van der Waals surface area (Å²) < 4.78 is 5.62. The Morgan fingerprint density at radius 2 is 2.21 bits per heavy atom. The van der Waals surface area contributed by atoms with E-state index in [1.807, 2.05) is 18.2 Å². The fourth-order valence-electron chi connectivity index (χ4n) is 2.21. The first-order chi connectivity index (χ1) is 9.22. The summed E-state index contributed by atoms with van der Waals surface area (Å²) in [4.78, 5) is 2.09. The van der Waals surface area contributed by atoms with Crippen LogP contribution in [0.5, 0.6) is 0 Å². The van der Waals surface area contributed by atoms with Gasteiger partial charge in [-0.15, -0.1) is 10.2 Å². The smallest absolute Gasteiger partial charge is 0.249 e. The molecule has 0 saturated carbocycles. The monoisotopic (exact) mass is 279 g/mol. The maximum absolute atomic E-state index is 9.47. The molecule has 1 aromatic heterocycles. The summed E-state index contributed by atoms with van der Waals surface area (Å²) in [6.07, 6.45) is 0.553. The third-order valence-corrected chi connectivity index (χ3v) is 3.51. The lowest BCUT2D eigenvalue weighted by atomic mass is 10.2. The van der Waals surface area contributed by atoms with Crippen LogP contribution in [0.4, 0.5) is 0 Å². The van der Waals surface area contributed by atoms with Crippen molar-refractivity contribution in [3.8, 4) is 11.5 Å². The highest BCUT2D eigenvalue weighted by Gasteiger charge is 2.22. The predicted octanol–water partition coefficient (Wildman–Crippen LogP) is 1.96. The Morgan fingerprint density at radius 1 is 1.37 bits per heavy atom. The van der Waals surface area contributed by atoms with Gasteiger partial charge in [0.1, 0.15) is 0 Å². The van der Waals surface area contributed by atoms with Gasteiger partial charge in [-0.1, -0.05) is 23.7 Å². The highest BCUT2D eigenvalue weighted by molar-refractivity contribution is 6.33. The second-order valence-electron chi connectivity index (χ2n) is 4.66. The number of hydrogen-bond donors (Lipinski definition) is 1. The number of benzene rings is 1. The van der Waals surface area contributed by atoms with Crippen molar-refractivity contribution in [3.05, 3.63) is 35.2 Å². The molecule has 0 bridgehead atoms. The highest BCUT2D eigenvalue weighted by Crippen LogP contribution is 2.26. The Kier molecular flexibility index (Phi) is 3.50. The molecule has 1 aliphatic rings. The fourth-order valence-corrected chi connectivity index (χ4v) is 2.42. The zero-order valence-electron chi connectivity index (χ0n) is 10.3. The van der Waals surface area contributed by atoms with E-state index in [0.29, 0.717) is 29.9 Å². The summed E-state index contributed by atoms with van der Waals surface area (Å²) >= 11 is 6.09. The number of likely N-dealkylation sites (tertiary alicyclic amines) is 1. The number of hydrogen-bond acceptors (Lipinski definition) is 5. The molecule has 0 unspecified atom stereocenters. The molecule has 1 aromatic carbocycles. The molecule has 0 radical (unpaired) electrons. The highest BCUT2D eigenvalue weighted by atomic mass is 35.5. The van der Waals surface area contributed by atoms with E-state index in [4.69, 9.17) is 16.0 Å². The van der Waals surface area contributed by atoms with E-state index in [0.717, 1.165) is 18.5 Å². The Balaban J connectivity index is 1.75. The van der Waals surface area contributed by atoms with E-state index in [9.17, 15) is 5.11 Å². The van der Waals surface area contributed by atoms with E-state index >= 15 is 0 Å². The number of β-amino-alcohol motifs (C(OH)–C–C–N with tert-alkyl or cyclic N) is 1. The Bertz CT molecular complexity index is 573. The van der Waals surface area contributed by atoms with Gasteiger partial charge in [-0.2, -0.15) is 0 Å². The quantitative estimate of drug-likeness (QED) is 0.930. The van der Waals surface area contributed by atoms with Gasteiger partial charge in [0.2, 0.25) is 11.8 Å². The minimum atomic E-state index is -0.244. The molecule has 1 N–H and O–H groups in total. The van der Waals surface area contributed by atoms with Crippen LogP contribution in [0.15, 0.2) is 28.7 Å². The molecular formula is C13H14ClN3O2. The molecule has 0 spiro atoms. The second kappa shape index (κ2) is 5.28. The average molecular weight is 280 g/mol. The van der Waals surface area contributed by atoms with Crippen molar-refractivity contribution in [2.75, 3.05) is 13.1 Å². The minimum Gasteiger partial charge on any atom is -0.419 e. The van der Waals surface area contributed by atoms with Crippen molar-refractivity contribution in [1.29, 1.82) is 0 Å². The van der Waals surface area contributed by atoms with Gasteiger partial charge in [0, 0.05) is 13.1 Å². The van der Waals surface area contributed by atoms with Crippen LogP contribution in [0.3, 0.4) is 0 Å². The van der Waals surface area contributed by atoms with Gasteiger partial charge in [0.05, 0.1) is 23.2 Å². The van der Waals surface area contributed by atoms with Crippen LogP contribution in [-0.2, 0) is 6.54 Å². The number of rotatable bonds is 3. The maximum atomic E-state index is 9.47. The maximum Gasteiger partial charge on any atom is 0.249 e. The molecule has 5 nitrogen and oxygen atoms in total. The number of aliphatic hydroxyl groups is 1. The van der Waals surface area contributed by atoms with Crippen molar-refractivity contribution in [1.82, 2.24) is 15.1 Å². The van der Waals surface area contributed by atoms with Crippen LogP contribution >= 0.6 is 11.6 Å². The Hall–Kier alpha value is -1.43. The molecule has 6 heteroatoms. The Morgan fingerprint density at radius 3 is 2.95 bits per heavy atom. The largest absolute Gasteiger partial charge is 0.419 e. The molecule has 100 valence electrons. The van der Waals surface area contributed by atoms with Crippen LogP contribution in [0.1, 0.15) is 12.3 Å². The van der Waals surface area contributed by atoms with Gasteiger partial charge in [0.15, 0.2) is 0 Å². The van der Waals surface area contributed by atoms with Gasteiger partial charge in [0.25, 0.3) is 0 Å². The van der Waals surface area contributed by atoms with Crippen molar-refractivity contribution < 1.29 is 9.52 Å². The van der Waals surface area contributed by atoms with Crippen molar-refractivity contribution >= 4 is 11.6 Å². The minimum absolute atomic E-state index is 0.244. The zero-order chi connectivity index (χ0) is 13.2. The van der Waals surface area contributed by atoms with Gasteiger partial charge in [-0.05, 0) is 18.6 Å². The van der Waals surface area contributed by atoms with Crippen LogP contribution in [-0.4, -0.2) is 39.4 Å². The lowest BCUT2D eigenvalue weighted by Gasteiger charge is -2.10. The van der Waals surface area contributed by atoms with Crippen molar-refractivity contribution in [3.63, 3.8) is 0 Å². The van der Waals surface area contributed by atoms with Gasteiger partial charge >= 0.3 is 0 Å². The van der Waals surface area contributed by atoms with Crippen LogP contribution in [0, 0.1) is 0 Å². The van der Waals surface area contributed by atoms with Crippen molar-refractivity contribution in [2.45, 2.75) is 19.1 Å². The molecule has 2 heterocycles. The van der Waals surface area contributed by atoms with E-state index in [2.05, 4.69) is 15.1 Å². The molecule has 2 aromatic rings. The first-order valence-corrected chi connectivity index (χ1v) is 6.58. The number of aliphatic hydroxyl groups excluding tert-OH is 1. The summed E-state index contributed by atoms with van der Waals surface area (Å²) in [6.45, 7) is 2.07. The predicted molar refractivity (Wildman–Crippen MR) is 70.6 cm³/mol. The summed E-state index contributed by atoms with van der Waals surface area (Å²) in [5.41, 5.74) is 0.740. The second-order valence-corrected chi connectivity index (χ2v) is 5.07. The lowest BCUT2D eigenvalue weighted by Crippen LogP contribution is -2.21. The van der Waals surface area contributed by atoms with Crippen LogP contribution < -0.4 is 0 Å². The third-order valence-electron chi connectivity index (χ3n) is 3.18. The first kappa shape index (κ1) is 12.6. The molecule has 1 aliphatic heterocycles. The summed E-state index contributed by atoms with van der Waals surface area (Å²) in [6, 6.07) is 7.37.